The van der Waals surface area contributed by atoms with Gasteiger partial charge in [-0.25, -0.2) is 9.18 Å². The summed E-state index contributed by atoms with van der Waals surface area (Å²) < 4.78 is 24.5. The Bertz CT molecular complexity index is 1090. The molecule has 2 aromatic rings. The SMILES string of the molecule is COC(=O)C=C(C)c1ccc(CC(C)N2CCOC(O)(c3cc(F)c(N)c(C#N)c3)C2)cc1. The molecular weight excluding hydrogens is 425 g/mol. The van der Waals surface area contributed by atoms with Crippen molar-refractivity contribution < 1.29 is 23.8 Å². The molecule has 3 rings (SSSR count). The van der Waals surface area contributed by atoms with Gasteiger partial charge in [0.05, 0.1) is 31.5 Å². The third-order valence-corrected chi connectivity index (χ3v) is 5.94. The normalized spacial score (nSPS) is 20.2. The van der Waals surface area contributed by atoms with Crippen LogP contribution in [0.3, 0.4) is 0 Å². The van der Waals surface area contributed by atoms with Gasteiger partial charge < -0.3 is 20.3 Å². The lowest BCUT2D eigenvalue weighted by Crippen LogP contribution is -2.53. The van der Waals surface area contributed by atoms with Crippen LogP contribution >= 0.6 is 0 Å². The van der Waals surface area contributed by atoms with Crippen LogP contribution in [0.5, 0.6) is 0 Å². The molecule has 7 nitrogen and oxygen atoms in total. The molecule has 1 aliphatic heterocycles. The predicted molar refractivity (Wildman–Crippen MR) is 122 cm³/mol. The Hall–Kier alpha value is -3.25. The Kier molecular flexibility index (Phi) is 7.49. The summed E-state index contributed by atoms with van der Waals surface area (Å²) in [5.74, 6) is -2.90. The molecular formula is C25H28FN3O4. The first-order valence-electron chi connectivity index (χ1n) is 10.6. The van der Waals surface area contributed by atoms with Crippen LogP contribution in [-0.4, -0.2) is 48.8 Å². The Morgan fingerprint density at radius 3 is 2.76 bits per heavy atom. The molecule has 3 N–H and O–H groups in total. The number of halogens is 1. The number of nitrogens with zero attached hydrogens (tertiary/aromatic N) is 2. The molecule has 174 valence electrons. The second-order valence-electron chi connectivity index (χ2n) is 8.24. The van der Waals surface area contributed by atoms with Crippen molar-refractivity contribution in [1.29, 1.82) is 5.26 Å². The summed E-state index contributed by atoms with van der Waals surface area (Å²) in [7, 11) is 1.34. The largest absolute Gasteiger partial charge is 0.466 e. The molecule has 2 unspecified atom stereocenters. The van der Waals surface area contributed by atoms with Gasteiger partial charge in [0.2, 0.25) is 5.79 Å². The predicted octanol–water partition coefficient (Wildman–Crippen LogP) is 2.96. The van der Waals surface area contributed by atoms with Crippen LogP contribution in [0.15, 0.2) is 42.5 Å². The van der Waals surface area contributed by atoms with Crippen molar-refractivity contribution in [3.05, 3.63) is 70.5 Å². The van der Waals surface area contributed by atoms with Crippen LogP contribution in [0.25, 0.3) is 5.57 Å². The molecule has 0 bridgehead atoms. The van der Waals surface area contributed by atoms with Crippen LogP contribution in [0.1, 0.15) is 36.1 Å². The minimum absolute atomic E-state index is 0.0381. The van der Waals surface area contributed by atoms with Crippen molar-refractivity contribution in [3.8, 4) is 6.07 Å². The van der Waals surface area contributed by atoms with Gasteiger partial charge in [-0.15, -0.1) is 0 Å². The number of anilines is 1. The fraction of sp³-hybridized carbons (Fsp3) is 0.360. The van der Waals surface area contributed by atoms with Crippen molar-refractivity contribution in [2.24, 2.45) is 0 Å². The third-order valence-electron chi connectivity index (χ3n) is 5.94. The molecule has 1 heterocycles. The standard InChI is InChI=1S/C25H28FN3O4/c1-16(10-23(30)32-3)19-6-4-18(5-7-19)11-17(2)29-8-9-33-25(31,15-29)21-12-20(14-27)24(28)22(26)13-21/h4-7,10,12-13,17,31H,8-9,11,15,28H2,1-3H3. The van der Waals surface area contributed by atoms with E-state index >= 15 is 0 Å². The lowest BCUT2D eigenvalue weighted by molar-refractivity contribution is -0.252. The number of esters is 1. The zero-order valence-electron chi connectivity index (χ0n) is 19.0. The molecule has 1 aliphatic rings. The summed E-state index contributed by atoms with van der Waals surface area (Å²) in [6.45, 7) is 4.88. The number of nitriles is 1. The van der Waals surface area contributed by atoms with Gasteiger partial charge in [-0.1, -0.05) is 24.3 Å². The summed E-state index contributed by atoms with van der Waals surface area (Å²) in [4.78, 5) is 13.5. The van der Waals surface area contributed by atoms with Gasteiger partial charge in [-0.05, 0) is 49.1 Å². The summed E-state index contributed by atoms with van der Waals surface area (Å²) in [6, 6.07) is 12.3. The van der Waals surface area contributed by atoms with Gasteiger partial charge >= 0.3 is 5.97 Å². The number of ether oxygens (including phenoxy) is 2. The molecule has 1 fully saturated rings. The Labute approximate surface area is 192 Å². The van der Waals surface area contributed by atoms with Gasteiger partial charge in [-0.2, -0.15) is 5.26 Å². The molecule has 2 atom stereocenters. The van der Waals surface area contributed by atoms with Gasteiger partial charge in [0.1, 0.15) is 11.9 Å². The molecule has 0 spiro atoms. The summed E-state index contributed by atoms with van der Waals surface area (Å²) in [6.07, 6.45) is 2.17. The molecule has 0 saturated carbocycles. The second kappa shape index (κ2) is 10.1. The fourth-order valence-electron chi connectivity index (χ4n) is 3.91. The fourth-order valence-corrected chi connectivity index (χ4v) is 3.91. The minimum atomic E-state index is -1.74. The first-order chi connectivity index (χ1) is 15.7. The smallest absolute Gasteiger partial charge is 0.330 e. The van der Waals surface area contributed by atoms with E-state index in [0.717, 1.165) is 29.2 Å². The molecule has 0 amide bonds. The van der Waals surface area contributed by atoms with E-state index < -0.39 is 17.6 Å². The maximum atomic E-state index is 14.2. The number of nitrogen functional groups attached to an aromatic ring is 1. The average Bonchev–Trinajstić information content (AvgIpc) is 2.81. The zero-order valence-corrected chi connectivity index (χ0v) is 19.0. The highest BCUT2D eigenvalue weighted by Crippen LogP contribution is 2.32. The number of benzene rings is 2. The highest BCUT2D eigenvalue weighted by molar-refractivity contribution is 5.90. The lowest BCUT2D eigenvalue weighted by Gasteiger charge is -2.42. The van der Waals surface area contributed by atoms with Gasteiger partial charge in [0.15, 0.2) is 0 Å². The maximum Gasteiger partial charge on any atom is 0.330 e. The van der Waals surface area contributed by atoms with Crippen molar-refractivity contribution in [3.63, 3.8) is 0 Å². The number of β-amino-alcohol motifs (C(OH)–C–C–N with tert-alkyl or cyclic N) is 1. The number of rotatable bonds is 6. The van der Waals surface area contributed by atoms with Crippen molar-refractivity contribution in [1.82, 2.24) is 4.90 Å². The monoisotopic (exact) mass is 453 g/mol. The Morgan fingerprint density at radius 2 is 2.12 bits per heavy atom. The van der Waals surface area contributed by atoms with Gasteiger partial charge in [0.25, 0.3) is 0 Å². The molecule has 8 heteroatoms. The van der Waals surface area contributed by atoms with Crippen LogP contribution in [0.2, 0.25) is 0 Å². The van der Waals surface area contributed by atoms with Crippen LogP contribution < -0.4 is 5.73 Å². The number of hydrogen-bond acceptors (Lipinski definition) is 7. The van der Waals surface area contributed by atoms with E-state index in [-0.39, 0.29) is 36.0 Å². The number of carbonyl (C=O) groups is 1. The quantitative estimate of drug-likeness (QED) is 0.393. The Balaban J connectivity index is 1.72. The molecule has 2 aromatic carbocycles. The number of allylic oxidation sites excluding steroid dienone is 1. The van der Waals surface area contributed by atoms with E-state index in [4.69, 9.17) is 10.5 Å². The minimum Gasteiger partial charge on any atom is -0.466 e. The maximum absolute atomic E-state index is 14.2. The van der Waals surface area contributed by atoms with Crippen LogP contribution in [0.4, 0.5) is 10.1 Å². The van der Waals surface area contributed by atoms with E-state index in [1.54, 1.807) is 0 Å². The highest BCUT2D eigenvalue weighted by Gasteiger charge is 2.38. The highest BCUT2D eigenvalue weighted by atomic mass is 19.1. The van der Waals surface area contributed by atoms with Crippen LogP contribution in [0, 0.1) is 17.1 Å². The van der Waals surface area contributed by atoms with Gasteiger partial charge in [0, 0.05) is 24.2 Å². The van der Waals surface area contributed by atoms with Crippen molar-refractivity contribution in [2.75, 3.05) is 32.5 Å². The second-order valence-corrected chi connectivity index (χ2v) is 8.24. The topological polar surface area (TPSA) is 109 Å². The molecule has 0 radical (unpaired) electrons. The number of nitrogens with two attached hydrogens (primary N) is 1. The lowest BCUT2D eigenvalue weighted by atomic mass is 9.97. The number of morpholine rings is 1. The van der Waals surface area contributed by atoms with E-state index in [1.807, 2.05) is 44.2 Å². The van der Waals surface area contributed by atoms with Crippen molar-refractivity contribution in [2.45, 2.75) is 32.1 Å². The Morgan fingerprint density at radius 1 is 1.42 bits per heavy atom. The first-order valence-corrected chi connectivity index (χ1v) is 10.6. The van der Waals surface area contributed by atoms with E-state index in [9.17, 15) is 19.6 Å². The summed E-state index contributed by atoms with van der Waals surface area (Å²) in [5, 5.41) is 20.3. The molecule has 1 saturated heterocycles. The molecule has 33 heavy (non-hydrogen) atoms. The molecule has 0 aliphatic carbocycles. The number of hydrogen-bond donors (Lipinski definition) is 2. The number of methoxy groups -OCH3 is 1. The van der Waals surface area contributed by atoms with Gasteiger partial charge in [-0.3, -0.25) is 4.90 Å². The number of carbonyl (C=O) groups excluding carboxylic acids is 1. The summed E-state index contributed by atoms with van der Waals surface area (Å²) in [5.41, 5.74) is 8.32. The van der Waals surface area contributed by atoms with Crippen molar-refractivity contribution >= 4 is 17.2 Å². The summed E-state index contributed by atoms with van der Waals surface area (Å²) >= 11 is 0. The van der Waals surface area contributed by atoms with E-state index in [2.05, 4.69) is 9.64 Å². The van der Waals surface area contributed by atoms with Crippen LogP contribution in [-0.2, 0) is 26.5 Å². The average molecular weight is 454 g/mol. The molecule has 0 aromatic heterocycles. The number of aliphatic hydroxyl groups is 1. The van der Waals surface area contributed by atoms with E-state index in [0.29, 0.717) is 6.54 Å². The third kappa shape index (κ3) is 5.57. The first kappa shape index (κ1) is 24.4. The van der Waals surface area contributed by atoms with E-state index in [1.165, 1.54) is 19.3 Å². The zero-order chi connectivity index (χ0) is 24.2.